The van der Waals surface area contributed by atoms with Crippen molar-refractivity contribution in [3.63, 3.8) is 0 Å². The predicted octanol–water partition coefficient (Wildman–Crippen LogP) is 2.86. The summed E-state index contributed by atoms with van der Waals surface area (Å²) >= 11 is 1.70. The summed E-state index contributed by atoms with van der Waals surface area (Å²) in [4.78, 5) is 12.7. The van der Waals surface area contributed by atoms with E-state index in [1.54, 1.807) is 30.5 Å². The molecule has 0 bridgehead atoms. The molecule has 0 saturated carbocycles. The van der Waals surface area contributed by atoms with E-state index in [1.807, 2.05) is 17.5 Å². The topological polar surface area (TPSA) is 67.2 Å². The Morgan fingerprint density at radius 2 is 2.16 bits per heavy atom. The zero-order chi connectivity index (χ0) is 13.8. The molecule has 4 N–H and O–H groups in total. The van der Waals surface area contributed by atoms with Crippen molar-refractivity contribution in [2.75, 3.05) is 18.1 Å². The quantitative estimate of drug-likeness (QED) is 0.752. The number of nitrogens with one attached hydrogen (secondary N) is 2. The first-order valence-electron chi connectivity index (χ1n) is 6.03. The van der Waals surface area contributed by atoms with Gasteiger partial charge in [0.25, 0.3) is 5.91 Å². The molecule has 0 aliphatic carbocycles. The molecule has 0 aliphatic heterocycles. The minimum absolute atomic E-state index is 0.135. The van der Waals surface area contributed by atoms with Crippen molar-refractivity contribution in [1.82, 2.24) is 5.32 Å². The third kappa shape index (κ3) is 3.06. The van der Waals surface area contributed by atoms with Crippen molar-refractivity contribution in [3.05, 3.63) is 46.2 Å². The first-order valence-corrected chi connectivity index (χ1v) is 6.91. The Morgan fingerprint density at radius 1 is 1.37 bits per heavy atom. The molecule has 0 radical (unpaired) electrons. The van der Waals surface area contributed by atoms with Gasteiger partial charge < -0.3 is 16.4 Å². The summed E-state index contributed by atoms with van der Waals surface area (Å²) < 4.78 is 0. The van der Waals surface area contributed by atoms with E-state index in [9.17, 15) is 4.79 Å². The fraction of sp³-hybridized carbons (Fsp3) is 0.214. The van der Waals surface area contributed by atoms with Gasteiger partial charge in [-0.3, -0.25) is 4.79 Å². The minimum atomic E-state index is -0.135. The van der Waals surface area contributed by atoms with Crippen molar-refractivity contribution < 1.29 is 4.79 Å². The fourth-order valence-corrected chi connectivity index (χ4v) is 2.56. The molecule has 4 nitrogen and oxygen atoms in total. The van der Waals surface area contributed by atoms with E-state index in [0.29, 0.717) is 11.3 Å². The van der Waals surface area contributed by atoms with Gasteiger partial charge in [-0.05, 0) is 36.6 Å². The van der Waals surface area contributed by atoms with E-state index < -0.39 is 0 Å². The maximum Gasteiger partial charge on any atom is 0.251 e. The molecule has 0 spiro atoms. The minimum Gasteiger partial charge on any atom is -0.397 e. The van der Waals surface area contributed by atoms with Crippen LogP contribution in [0.15, 0.2) is 35.7 Å². The molecule has 0 aliphatic rings. The Kier molecular flexibility index (Phi) is 4.06. The van der Waals surface area contributed by atoms with Crippen LogP contribution in [0.2, 0.25) is 0 Å². The number of thiophene rings is 1. The molecule has 5 heteroatoms. The van der Waals surface area contributed by atoms with Crippen molar-refractivity contribution in [3.8, 4) is 0 Å². The third-order valence-corrected chi connectivity index (χ3v) is 3.94. The van der Waals surface area contributed by atoms with Crippen LogP contribution in [-0.4, -0.2) is 13.0 Å². The molecule has 1 unspecified atom stereocenters. The number of carbonyl (C=O) groups excluding carboxylic acids is 1. The standard InChI is InChI=1S/C14H17N3OS/c1-9(13-4-3-7-19-13)17-12-6-5-10(8-11(12)15)14(18)16-2/h3-9,17H,15H2,1-2H3,(H,16,18). The van der Waals surface area contributed by atoms with Crippen LogP contribution in [0.4, 0.5) is 11.4 Å². The van der Waals surface area contributed by atoms with Crippen LogP contribution >= 0.6 is 11.3 Å². The van der Waals surface area contributed by atoms with Gasteiger partial charge in [-0.1, -0.05) is 6.07 Å². The molecule has 1 aromatic heterocycles. The van der Waals surface area contributed by atoms with E-state index >= 15 is 0 Å². The predicted molar refractivity (Wildman–Crippen MR) is 80.6 cm³/mol. The van der Waals surface area contributed by atoms with Gasteiger partial charge in [0, 0.05) is 17.5 Å². The van der Waals surface area contributed by atoms with Gasteiger partial charge in [0.1, 0.15) is 0 Å². The Labute approximate surface area is 116 Å². The third-order valence-electron chi connectivity index (χ3n) is 2.88. The van der Waals surface area contributed by atoms with Crippen LogP contribution < -0.4 is 16.4 Å². The molecule has 0 saturated heterocycles. The molecule has 100 valence electrons. The van der Waals surface area contributed by atoms with E-state index in [4.69, 9.17) is 5.73 Å². The van der Waals surface area contributed by atoms with Gasteiger partial charge in [0.05, 0.1) is 17.4 Å². The lowest BCUT2D eigenvalue weighted by Crippen LogP contribution is -2.18. The van der Waals surface area contributed by atoms with Gasteiger partial charge in [-0.25, -0.2) is 0 Å². The molecule has 1 atom stereocenters. The molecule has 19 heavy (non-hydrogen) atoms. The summed E-state index contributed by atoms with van der Waals surface area (Å²) in [6.07, 6.45) is 0. The van der Waals surface area contributed by atoms with E-state index in [1.165, 1.54) is 4.88 Å². The fourth-order valence-electron chi connectivity index (χ4n) is 1.82. The first-order chi connectivity index (χ1) is 9.11. The van der Waals surface area contributed by atoms with Crippen LogP contribution in [0.25, 0.3) is 0 Å². The summed E-state index contributed by atoms with van der Waals surface area (Å²) in [6, 6.07) is 9.58. The number of carbonyl (C=O) groups is 1. The van der Waals surface area contributed by atoms with Crippen molar-refractivity contribution in [2.45, 2.75) is 13.0 Å². The zero-order valence-electron chi connectivity index (χ0n) is 10.9. The van der Waals surface area contributed by atoms with E-state index in [0.717, 1.165) is 5.69 Å². The summed E-state index contributed by atoms with van der Waals surface area (Å²) in [5.74, 6) is -0.135. The van der Waals surface area contributed by atoms with Crippen LogP contribution in [0.1, 0.15) is 28.2 Å². The Balaban J connectivity index is 2.15. The number of anilines is 2. The van der Waals surface area contributed by atoms with Crippen LogP contribution in [-0.2, 0) is 0 Å². The molecule has 1 heterocycles. The maximum atomic E-state index is 11.5. The zero-order valence-corrected chi connectivity index (χ0v) is 11.8. The largest absolute Gasteiger partial charge is 0.397 e. The number of nitrogens with two attached hydrogens (primary N) is 1. The van der Waals surface area contributed by atoms with Crippen LogP contribution in [0.3, 0.4) is 0 Å². The maximum absolute atomic E-state index is 11.5. The Hall–Kier alpha value is -2.01. The summed E-state index contributed by atoms with van der Waals surface area (Å²) in [5.41, 5.74) is 7.96. The smallest absolute Gasteiger partial charge is 0.251 e. The highest BCUT2D eigenvalue weighted by molar-refractivity contribution is 7.10. The lowest BCUT2D eigenvalue weighted by Gasteiger charge is -2.16. The van der Waals surface area contributed by atoms with E-state index in [-0.39, 0.29) is 11.9 Å². The van der Waals surface area contributed by atoms with E-state index in [2.05, 4.69) is 23.6 Å². The second kappa shape index (κ2) is 5.75. The Bertz CT molecular complexity index is 566. The summed E-state index contributed by atoms with van der Waals surface area (Å²) in [5, 5.41) is 7.98. The van der Waals surface area contributed by atoms with Crippen molar-refractivity contribution >= 4 is 28.6 Å². The highest BCUT2D eigenvalue weighted by atomic mass is 32.1. The molecule has 2 rings (SSSR count). The Morgan fingerprint density at radius 3 is 2.74 bits per heavy atom. The number of hydrogen-bond donors (Lipinski definition) is 3. The number of hydrogen-bond acceptors (Lipinski definition) is 4. The molecule has 0 fully saturated rings. The van der Waals surface area contributed by atoms with Gasteiger partial charge in [0.15, 0.2) is 0 Å². The number of amides is 1. The second-order valence-electron chi connectivity index (χ2n) is 4.26. The van der Waals surface area contributed by atoms with Crippen LogP contribution in [0, 0.1) is 0 Å². The highest BCUT2D eigenvalue weighted by Crippen LogP contribution is 2.27. The second-order valence-corrected chi connectivity index (χ2v) is 5.24. The highest BCUT2D eigenvalue weighted by Gasteiger charge is 2.10. The average molecular weight is 275 g/mol. The molecule has 1 amide bonds. The molecule has 1 aromatic carbocycles. The average Bonchev–Trinajstić information content (AvgIpc) is 2.94. The normalized spacial score (nSPS) is 11.9. The van der Waals surface area contributed by atoms with Gasteiger partial charge in [-0.15, -0.1) is 11.3 Å². The molecule has 2 aromatic rings. The summed E-state index contributed by atoms with van der Waals surface area (Å²) in [6.45, 7) is 2.08. The SMILES string of the molecule is CNC(=O)c1ccc(NC(C)c2cccs2)c(N)c1. The van der Waals surface area contributed by atoms with Crippen molar-refractivity contribution in [1.29, 1.82) is 0 Å². The van der Waals surface area contributed by atoms with Gasteiger partial charge in [0.2, 0.25) is 0 Å². The van der Waals surface area contributed by atoms with Gasteiger partial charge >= 0.3 is 0 Å². The number of rotatable bonds is 4. The molecular formula is C14H17N3OS. The van der Waals surface area contributed by atoms with Crippen molar-refractivity contribution in [2.24, 2.45) is 0 Å². The van der Waals surface area contributed by atoms with Crippen LogP contribution in [0.5, 0.6) is 0 Å². The molecular weight excluding hydrogens is 258 g/mol. The summed E-state index contributed by atoms with van der Waals surface area (Å²) in [7, 11) is 1.60. The monoisotopic (exact) mass is 275 g/mol. The first kappa shape index (κ1) is 13.4. The lowest BCUT2D eigenvalue weighted by atomic mass is 10.1. The lowest BCUT2D eigenvalue weighted by molar-refractivity contribution is 0.0963. The number of nitrogen functional groups attached to an aromatic ring is 1. The number of benzene rings is 1. The van der Waals surface area contributed by atoms with Gasteiger partial charge in [-0.2, -0.15) is 0 Å².